The molecular weight excluding hydrogens is 472 g/mol. The molecule has 0 unspecified atom stereocenters. The summed E-state index contributed by atoms with van der Waals surface area (Å²) >= 11 is 0. The second-order valence-electron chi connectivity index (χ2n) is 13.7. The van der Waals surface area contributed by atoms with Gasteiger partial charge in [-0.1, -0.05) is 187 Å². The van der Waals surface area contributed by atoms with Gasteiger partial charge in [-0.05, 0) is 25.8 Å². The van der Waals surface area contributed by atoms with E-state index in [1.165, 1.54) is 199 Å². The zero-order valence-corrected chi connectivity index (χ0v) is 28.7. The van der Waals surface area contributed by atoms with Crippen LogP contribution in [-0.2, 0) is 0 Å². The predicted molar refractivity (Wildman–Crippen MR) is 182 cm³/mol. The minimum absolute atomic E-state index is 0.873. The van der Waals surface area contributed by atoms with Crippen molar-refractivity contribution in [1.29, 1.82) is 0 Å². The van der Waals surface area contributed by atoms with E-state index in [0.29, 0.717) is 0 Å². The summed E-state index contributed by atoms with van der Waals surface area (Å²) in [6, 6.07) is 0. The standard InChI is InChI=1S/C19H42N.C18H39N/c1-5-6-7-8-9-10-11-12-13-14-15-16-17-18-19-20(2,3)4;1-2-3-4-5-6-7-8-9-10-11-12-13-14-15-16-17-18-19/h5-19H2,1-4H3;2-19H2,1H3/q+1;. The molecule has 0 aromatic carbocycles. The van der Waals surface area contributed by atoms with E-state index in [9.17, 15) is 0 Å². The summed E-state index contributed by atoms with van der Waals surface area (Å²) in [5.74, 6) is 0. The molecule has 0 spiro atoms. The first-order chi connectivity index (χ1) is 19.0. The molecule has 0 aromatic rings. The summed E-state index contributed by atoms with van der Waals surface area (Å²) in [7, 11) is 6.88. The summed E-state index contributed by atoms with van der Waals surface area (Å²) in [4.78, 5) is 0. The van der Waals surface area contributed by atoms with E-state index in [-0.39, 0.29) is 0 Å². The molecule has 2 heteroatoms. The highest BCUT2D eigenvalue weighted by atomic mass is 15.3. The lowest BCUT2D eigenvalue weighted by molar-refractivity contribution is -0.870. The van der Waals surface area contributed by atoms with Crippen molar-refractivity contribution in [2.75, 3.05) is 34.2 Å². The van der Waals surface area contributed by atoms with E-state index < -0.39 is 0 Å². The summed E-state index contributed by atoms with van der Waals surface area (Å²) in [5, 5.41) is 0. The van der Waals surface area contributed by atoms with Crippen molar-refractivity contribution in [1.82, 2.24) is 0 Å². The second kappa shape index (κ2) is 35.9. The van der Waals surface area contributed by atoms with Crippen molar-refractivity contribution in [3.63, 3.8) is 0 Å². The molecule has 0 aliphatic heterocycles. The van der Waals surface area contributed by atoms with Crippen molar-refractivity contribution >= 4 is 0 Å². The largest absolute Gasteiger partial charge is 0.331 e. The minimum Gasteiger partial charge on any atom is -0.331 e. The van der Waals surface area contributed by atoms with Gasteiger partial charge in [0.25, 0.3) is 0 Å². The highest BCUT2D eigenvalue weighted by Crippen LogP contribution is 2.14. The smallest absolute Gasteiger partial charge is 0.0780 e. The summed E-state index contributed by atoms with van der Waals surface area (Å²) in [6.45, 7) is 6.79. The van der Waals surface area contributed by atoms with Crippen LogP contribution in [0.5, 0.6) is 0 Å². The molecule has 0 saturated heterocycles. The van der Waals surface area contributed by atoms with Crippen LogP contribution in [0.25, 0.3) is 0 Å². The van der Waals surface area contributed by atoms with Crippen LogP contribution < -0.4 is 5.73 Å². The van der Waals surface area contributed by atoms with Gasteiger partial charge in [0.15, 0.2) is 0 Å². The third kappa shape index (κ3) is 45.1. The lowest BCUT2D eigenvalue weighted by atomic mass is 10.0. The average Bonchev–Trinajstić information content (AvgIpc) is 2.91. The Morgan fingerprint density at radius 2 is 0.513 bits per heavy atom. The molecule has 0 amide bonds. The van der Waals surface area contributed by atoms with Gasteiger partial charge < -0.3 is 10.2 Å². The monoisotopic (exact) mass is 554 g/mol. The van der Waals surface area contributed by atoms with Crippen molar-refractivity contribution < 1.29 is 4.48 Å². The third-order valence-corrected chi connectivity index (χ3v) is 8.24. The second-order valence-corrected chi connectivity index (χ2v) is 13.7. The molecule has 0 rings (SSSR count). The number of hydrogen-bond acceptors (Lipinski definition) is 1. The Morgan fingerprint density at radius 3 is 0.718 bits per heavy atom. The molecule has 0 radical (unpaired) electrons. The molecule has 0 heterocycles. The molecule has 2 N–H and O–H groups in total. The van der Waals surface area contributed by atoms with E-state index in [1.54, 1.807) is 0 Å². The van der Waals surface area contributed by atoms with Crippen LogP contribution in [-0.4, -0.2) is 38.7 Å². The molecule has 39 heavy (non-hydrogen) atoms. The van der Waals surface area contributed by atoms with Crippen LogP contribution >= 0.6 is 0 Å². The van der Waals surface area contributed by atoms with Gasteiger partial charge in [0.1, 0.15) is 0 Å². The van der Waals surface area contributed by atoms with Crippen molar-refractivity contribution in [2.24, 2.45) is 5.73 Å². The van der Waals surface area contributed by atoms with Gasteiger partial charge in [-0.2, -0.15) is 0 Å². The number of hydrogen-bond donors (Lipinski definition) is 1. The van der Waals surface area contributed by atoms with Crippen LogP contribution in [0, 0.1) is 0 Å². The summed E-state index contributed by atoms with van der Waals surface area (Å²) in [5.41, 5.74) is 5.48. The van der Waals surface area contributed by atoms with E-state index >= 15 is 0 Å². The Balaban J connectivity index is 0. The molecule has 2 nitrogen and oxygen atoms in total. The van der Waals surface area contributed by atoms with Crippen LogP contribution in [0.1, 0.15) is 206 Å². The van der Waals surface area contributed by atoms with Gasteiger partial charge in [-0.15, -0.1) is 0 Å². The normalized spacial score (nSPS) is 11.5. The summed E-state index contributed by atoms with van der Waals surface area (Å²) in [6.07, 6.45) is 43.2. The van der Waals surface area contributed by atoms with Crippen molar-refractivity contribution in [3.8, 4) is 0 Å². The Morgan fingerprint density at radius 1 is 0.308 bits per heavy atom. The number of nitrogens with two attached hydrogens (primary N) is 1. The molecular formula is C37H81N2+. The van der Waals surface area contributed by atoms with Crippen LogP contribution in [0.3, 0.4) is 0 Å². The number of nitrogens with zero attached hydrogens (tertiary/aromatic N) is 1. The first-order valence-electron chi connectivity index (χ1n) is 18.5. The van der Waals surface area contributed by atoms with Crippen LogP contribution in [0.2, 0.25) is 0 Å². The zero-order chi connectivity index (χ0) is 29.1. The molecule has 238 valence electrons. The highest BCUT2D eigenvalue weighted by molar-refractivity contribution is 4.51. The first-order valence-corrected chi connectivity index (χ1v) is 18.5. The molecule has 0 bridgehead atoms. The minimum atomic E-state index is 0.873. The molecule has 0 atom stereocenters. The lowest BCUT2D eigenvalue weighted by Gasteiger charge is -2.23. The molecule has 0 aromatic heterocycles. The lowest BCUT2D eigenvalue weighted by Crippen LogP contribution is -2.35. The molecule has 0 saturated carbocycles. The molecule has 0 aliphatic carbocycles. The quantitative estimate of drug-likeness (QED) is 0.0670. The predicted octanol–water partition coefficient (Wildman–Crippen LogP) is 12.4. The SMILES string of the molecule is CCCCCCCCCCCCCCCCCCN.CCCCCCCCCCCCCCCC[N+](C)(C)C. The fourth-order valence-electron chi connectivity index (χ4n) is 5.47. The van der Waals surface area contributed by atoms with E-state index in [2.05, 4.69) is 35.0 Å². The maximum Gasteiger partial charge on any atom is 0.0780 e. The summed E-state index contributed by atoms with van der Waals surface area (Å²) < 4.78 is 1.12. The fraction of sp³-hybridized carbons (Fsp3) is 1.00. The Hall–Kier alpha value is -0.0800. The Kier molecular flexibility index (Phi) is 37.8. The molecule has 0 fully saturated rings. The van der Waals surface area contributed by atoms with Crippen molar-refractivity contribution in [2.45, 2.75) is 206 Å². The molecule has 0 aliphatic rings. The van der Waals surface area contributed by atoms with E-state index in [1.807, 2.05) is 0 Å². The number of unbranched alkanes of at least 4 members (excludes halogenated alkanes) is 28. The van der Waals surface area contributed by atoms with Crippen molar-refractivity contribution in [3.05, 3.63) is 0 Å². The Labute approximate surface area is 250 Å². The van der Waals surface area contributed by atoms with Gasteiger partial charge in [-0.25, -0.2) is 0 Å². The van der Waals surface area contributed by atoms with Gasteiger partial charge in [0, 0.05) is 0 Å². The van der Waals surface area contributed by atoms with Gasteiger partial charge >= 0.3 is 0 Å². The van der Waals surface area contributed by atoms with Gasteiger partial charge in [-0.3, -0.25) is 0 Å². The first kappa shape index (κ1) is 41.1. The maximum atomic E-state index is 5.48. The highest BCUT2D eigenvalue weighted by Gasteiger charge is 2.05. The number of quaternary nitrogens is 1. The third-order valence-electron chi connectivity index (χ3n) is 8.24. The van der Waals surface area contributed by atoms with Gasteiger partial charge in [0.2, 0.25) is 0 Å². The average molecular weight is 554 g/mol. The number of rotatable bonds is 31. The maximum absolute atomic E-state index is 5.48. The topological polar surface area (TPSA) is 26.0 Å². The van der Waals surface area contributed by atoms with E-state index in [4.69, 9.17) is 5.73 Å². The zero-order valence-electron chi connectivity index (χ0n) is 28.7. The van der Waals surface area contributed by atoms with E-state index in [0.717, 1.165) is 11.0 Å². The fourth-order valence-corrected chi connectivity index (χ4v) is 5.47. The van der Waals surface area contributed by atoms with Gasteiger partial charge in [0.05, 0.1) is 27.7 Å². The van der Waals surface area contributed by atoms with Crippen LogP contribution in [0.15, 0.2) is 0 Å². The Bertz CT molecular complexity index is 385. The van der Waals surface area contributed by atoms with Crippen LogP contribution in [0.4, 0.5) is 0 Å².